The maximum absolute atomic E-state index is 5.50. The standard InChI is InChI=1S/C8H11N3/c9-6-7(10)5-8-3-1-2-4-11-8/h1-5H,6,9-10H2. The normalized spacial score (nSPS) is 11.5. The Bertz CT molecular complexity index is 241. The van der Waals surface area contributed by atoms with Crippen molar-refractivity contribution in [1.82, 2.24) is 4.98 Å². The van der Waals surface area contributed by atoms with E-state index in [9.17, 15) is 0 Å². The van der Waals surface area contributed by atoms with Gasteiger partial charge in [-0.1, -0.05) is 6.07 Å². The van der Waals surface area contributed by atoms with Crippen molar-refractivity contribution in [3.05, 3.63) is 35.8 Å². The van der Waals surface area contributed by atoms with Crippen molar-refractivity contribution in [2.75, 3.05) is 6.54 Å². The Morgan fingerprint density at radius 1 is 1.55 bits per heavy atom. The topological polar surface area (TPSA) is 64.9 Å². The smallest absolute Gasteiger partial charge is 0.0647 e. The van der Waals surface area contributed by atoms with Gasteiger partial charge in [-0.3, -0.25) is 4.98 Å². The average molecular weight is 149 g/mol. The van der Waals surface area contributed by atoms with E-state index >= 15 is 0 Å². The molecule has 0 aliphatic carbocycles. The first-order chi connectivity index (χ1) is 5.33. The van der Waals surface area contributed by atoms with Gasteiger partial charge in [0, 0.05) is 18.4 Å². The van der Waals surface area contributed by atoms with Gasteiger partial charge in [0.1, 0.15) is 0 Å². The molecule has 4 N–H and O–H groups in total. The molecule has 1 aromatic heterocycles. The first-order valence-corrected chi connectivity index (χ1v) is 3.40. The maximum Gasteiger partial charge on any atom is 0.0647 e. The van der Waals surface area contributed by atoms with Crippen molar-refractivity contribution in [1.29, 1.82) is 0 Å². The summed E-state index contributed by atoms with van der Waals surface area (Å²) in [5, 5.41) is 0. The van der Waals surface area contributed by atoms with Crippen molar-refractivity contribution in [3.8, 4) is 0 Å². The number of pyridine rings is 1. The molecule has 0 saturated heterocycles. The molecule has 58 valence electrons. The fourth-order valence-corrected chi connectivity index (χ4v) is 0.710. The van der Waals surface area contributed by atoms with Crippen LogP contribution in [0.4, 0.5) is 0 Å². The molecule has 0 aliphatic rings. The number of hydrogen-bond acceptors (Lipinski definition) is 3. The van der Waals surface area contributed by atoms with Gasteiger partial charge in [-0.15, -0.1) is 0 Å². The van der Waals surface area contributed by atoms with E-state index in [4.69, 9.17) is 11.5 Å². The molecule has 0 fully saturated rings. The molecule has 0 radical (unpaired) electrons. The summed E-state index contributed by atoms with van der Waals surface area (Å²) in [4.78, 5) is 4.05. The van der Waals surface area contributed by atoms with Crippen LogP contribution in [0.2, 0.25) is 0 Å². The van der Waals surface area contributed by atoms with Gasteiger partial charge < -0.3 is 11.5 Å². The van der Waals surface area contributed by atoms with Gasteiger partial charge in [-0.05, 0) is 18.2 Å². The molecule has 0 unspecified atom stereocenters. The van der Waals surface area contributed by atoms with E-state index in [1.165, 1.54) is 0 Å². The van der Waals surface area contributed by atoms with Crippen LogP contribution in [0.1, 0.15) is 5.69 Å². The highest BCUT2D eigenvalue weighted by Crippen LogP contribution is 1.97. The van der Waals surface area contributed by atoms with E-state index in [1.807, 2.05) is 18.2 Å². The average Bonchev–Trinajstić information content (AvgIpc) is 2.06. The van der Waals surface area contributed by atoms with Gasteiger partial charge in [0.2, 0.25) is 0 Å². The Labute approximate surface area is 65.7 Å². The van der Waals surface area contributed by atoms with Gasteiger partial charge in [-0.2, -0.15) is 0 Å². The Balaban J connectivity index is 2.79. The molecular formula is C8H11N3. The van der Waals surface area contributed by atoms with Crippen LogP contribution in [0.3, 0.4) is 0 Å². The van der Waals surface area contributed by atoms with Crippen LogP contribution in [0, 0.1) is 0 Å². The van der Waals surface area contributed by atoms with Crippen molar-refractivity contribution in [2.45, 2.75) is 0 Å². The summed E-state index contributed by atoms with van der Waals surface area (Å²) in [5.41, 5.74) is 12.3. The lowest BCUT2D eigenvalue weighted by Crippen LogP contribution is -2.10. The summed E-state index contributed by atoms with van der Waals surface area (Å²) < 4.78 is 0. The second kappa shape index (κ2) is 3.73. The molecule has 0 saturated carbocycles. The third kappa shape index (κ3) is 2.39. The number of hydrogen-bond donors (Lipinski definition) is 2. The van der Waals surface area contributed by atoms with E-state index < -0.39 is 0 Å². The Kier molecular flexibility index (Phi) is 2.63. The minimum atomic E-state index is 0.372. The lowest BCUT2D eigenvalue weighted by atomic mass is 10.3. The van der Waals surface area contributed by atoms with Crippen molar-refractivity contribution in [3.63, 3.8) is 0 Å². The Morgan fingerprint density at radius 3 is 2.91 bits per heavy atom. The van der Waals surface area contributed by atoms with E-state index in [0.29, 0.717) is 12.2 Å². The Morgan fingerprint density at radius 2 is 2.36 bits per heavy atom. The third-order valence-corrected chi connectivity index (χ3v) is 1.26. The second-order valence-corrected chi connectivity index (χ2v) is 2.18. The van der Waals surface area contributed by atoms with Gasteiger partial charge in [0.25, 0.3) is 0 Å². The van der Waals surface area contributed by atoms with Gasteiger partial charge >= 0.3 is 0 Å². The van der Waals surface area contributed by atoms with E-state index in [-0.39, 0.29) is 0 Å². The van der Waals surface area contributed by atoms with Crippen LogP contribution in [-0.4, -0.2) is 11.5 Å². The summed E-state index contributed by atoms with van der Waals surface area (Å²) >= 11 is 0. The summed E-state index contributed by atoms with van der Waals surface area (Å²) in [6, 6.07) is 5.64. The number of rotatable bonds is 2. The quantitative estimate of drug-likeness (QED) is 0.637. The summed E-state index contributed by atoms with van der Waals surface area (Å²) in [6.07, 6.45) is 3.48. The van der Waals surface area contributed by atoms with E-state index in [2.05, 4.69) is 4.98 Å². The molecule has 0 spiro atoms. The monoisotopic (exact) mass is 149 g/mol. The zero-order valence-electron chi connectivity index (χ0n) is 6.20. The van der Waals surface area contributed by atoms with Gasteiger partial charge in [0.05, 0.1) is 5.69 Å². The van der Waals surface area contributed by atoms with Crippen LogP contribution in [0.5, 0.6) is 0 Å². The first kappa shape index (κ1) is 7.75. The van der Waals surface area contributed by atoms with Gasteiger partial charge in [0.15, 0.2) is 0 Å². The second-order valence-electron chi connectivity index (χ2n) is 2.18. The van der Waals surface area contributed by atoms with E-state index in [0.717, 1.165) is 5.69 Å². The molecule has 3 heteroatoms. The van der Waals surface area contributed by atoms with Crippen LogP contribution >= 0.6 is 0 Å². The minimum Gasteiger partial charge on any atom is -0.401 e. The van der Waals surface area contributed by atoms with E-state index in [1.54, 1.807) is 12.3 Å². The SMILES string of the molecule is NCC(N)=Cc1ccccn1. The van der Waals surface area contributed by atoms with Crippen LogP contribution in [0.25, 0.3) is 6.08 Å². The zero-order chi connectivity index (χ0) is 8.10. The van der Waals surface area contributed by atoms with Crippen LogP contribution in [0.15, 0.2) is 30.1 Å². The number of nitrogens with two attached hydrogens (primary N) is 2. The maximum atomic E-state index is 5.50. The predicted molar refractivity (Wildman–Crippen MR) is 45.5 cm³/mol. The van der Waals surface area contributed by atoms with Crippen molar-refractivity contribution in [2.24, 2.45) is 11.5 Å². The van der Waals surface area contributed by atoms with Crippen LogP contribution < -0.4 is 11.5 Å². The lowest BCUT2D eigenvalue weighted by molar-refractivity contribution is 1.12. The highest BCUT2D eigenvalue weighted by atomic mass is 14.7. The third-order valence-electron chi connectivity index (χ3n) is 1.26. The fourth-order valence-electron chi connectivity index (χ4n) is 0.710. The molecule has 1 heterocycles. The zero-order valence-corrected chi connectivity index (χ0v) is 6.20. The highest BCUT2D eigenvalue weighted by Gasteiger charge is 1.87. The van der Waals surface area contributed by atoms with Crippen LogP contribution in [-0.2, 0) is 0 Å². The molecular weight excluding hydrogens is 138 g/mol. The first-order valence-electron chi connectivity index (χ1n) is 3.40. The summed E-state index contributed by atoms with van der Waals surface area (Å²) in [5.74, 6) is 0. The molecule has 0 amide bonds. The molecule has 11 heavy (non-hydrogen) atoms. The minimum absolute atomic E-state index is 0.372. The lowest BCUT2D eigenvalue weighted by Gasteiger charge is -1.94. The molecule has 1 rings (SSSR count). The molecule has 0 aromatic carbocycles. The number of nitrogens with zero attached hydrogens (tertiary/aromatic N) is 1. The number of aromatic nitrogens is 1. The molecule has 1 aromatic rings. The summed E-state index contributed by atoms with van der Waals surface area (Å²) in [7, 11) is 0. The molecule has 0 aliphatic heterocycles. The molecule has 0 atom stereocenters. The Hall–Kier alpha value is -1.35. The fraction of sp³-hybridized carbons (Fsp3) is 0.125. The largest absolute Gasteiger partial charge is 0.401 e. The summed E-state index contributed by atoms with van der Waals surface area (Å²) in [6.45, 7) is 0.372. The molecule has 3 nitrogen and oxygen atoms in total. The van der Waals surface area contributed by atoms with Gasteiger partial charge in [-0.25, -0.2) is 0 Å². The predicted octanol–water partition coefficient (Wildman–Crippen LogP) is 0.340. The molecule has 0 bridgehead atoms. The van der Waals surface area contributed by atoms with Crippen molar-refractivity contribution < 1.29 is 0 Å². The van der Waals surface area contributed by atoms with Crippen molar-refractivity contribution >= 4 is 6.08 Å². The highest BCUT2D eigenvalue weighted by molar-refractivity contribution is 5.47.